The van der Waals surface area contributed by atoms with Gasteiger partial charge in [0.05, 0.1) is 18.6 Å². The standard InChI is InChI=1S/C12H13NO4S/c1-17-10-5-3-2-4-8(10)13-9(12(15)16)6-18-7-11(13)14/h2-5,9H,6-7H2,1H3,(H,15,16). The summed E-state index contributed by atoms with van der Waals surface area (Å²) < 4.78 is 5.18. The Balaban J connectivity index is 2.43. The summed E-state index contributed by atoms with van der Waals surface area (Å²) >= 11 is 1.34. The summed E-state index contributed by atoms with van der Waals surface area (Å²) in [5.41, 5.74) is 0.512. The summed E-state index contributed by atoms with van der Waals surface area (Å²) in [6.45, 7) is 0. The van der Waals surface area contributed by atoms with E-state index in [1.165, 1.54) is 23.8 Å². The van der Waals surface area contributed by atoms with Crippen LogP contribution in [0.4, 0.5) is 5.69 Å². The number of anilines is 1. The molecule has 96 valence electrons. The fourth-order valence-corrected chi connectivity index (χ4v) is 2.83. The molecule has 0 aliphatic carbocycles. The van der Waals surface area contributed by atoms with Crippen LogP contribution in [0.3, 0.4) is 0 Å². The predicted molar refractivity (Wildman–Crippen MR) is 69.2 cm³/mol. The third-order valence-corrected chi connectivity index (χ3v) is 3.71. The van der Waals surface area contributed by atoms with Crippen molar-refractivity contribution in [3.05, 3.63) is 24.3 Å². The van der Waals surface area contributed by atoms with Crippen molar-refractivity contribution in [1.29, 1.82) is 0 Å². The van der Waals surface area contributed by atoms with Crippen molar-refractivity contribution in [3.8, 4) is 5.75 Å². The number of carboxylic acids is 1. The van der Waals surface area contributed by atoms with Gasteiger partial charge in [0, 0.05) is 5.75 Å². The number of rotatable bonds is 3. The largest absolute Gasteiger partial charge is 0.495 e. The van der Waals surface area contributed by atoms with Crippen LogP contribution in [0, 0.1) is 0 Å². The maximum atomic E-state index is 12.0. The summed E-state index contributed by atoms with van der Waals surface area (Å²) in [6.07, 6.45) is 0. The number of para-hydroxylation sites is 2. The van der Waals surface area contributed by atoms with E-state index in [0.29, 0.717) is 22.9 Å². The second-order valence-corrected chi connectivity index (χ2v) is 4.84. The van der Waals surface area contributed by atoms with Crippen molar-refractivity contribution < 1.29 is 19.4 Å². The van der Waals surface area contributed by atoms with Crippen molar-refractivity contribution in [1.82, 2.24) is 0 Å². The number of hydrogen-bond acceptors (Lipinski definition) is 4. The molecule has 2 rings (SSSR count). The highest BCUT2D eigenvalue weighted by molar-refractivity contribution is 8.00. The topological polar surface area (TPSA) is 66.8 Å². The number of ether oxygens (including phenoxy) is 1. The number of carboxylic acid groups (broad SMARTS) is 1. The lowest BCUT2D eigenvalue weighted by molar-refractivity contribution is -0.139. The Bertz CT molecular complexity index is 477. The van der Waals surface area contributed by atoms with Gasteiger partial charge in [0.2, 0.25) is 5.91 Å². The van der Waals surface area contributed by atoms with E-state index in [-0.39, 0.29) is 5.91 Å². The molecular weight excluding hydrogens is 254 g/mol. The van der Waals surface area contributed by atoms with E-state index in [1.807, 2.05) is 0 Å². The Morgan fingerprint density at radius 1 is 1.50 bits per heavy atom. The quantitative estimate of drug-likeness (QED) is 0.892. The van der Waals surface area contributed by atoms with Gasteiger partial charge in [0.25, 0.3) is 0 Å². The number of aliphatic carboxylic acids is 1. The van der Waals surface area contributed by atoms with E-state index in [9.17, 15) is 14.7 Å². The summed E-state index contributed by atoms with van der Waals surface area (Å²) in [7, 11) is 1.50. The minimum Gasteiger partial charge on any atom is -0.495 e. The van der Waals surface area contributed by atoms with E-state index in [1.54, 1.807) is 24.3 Å². The first-order valence-corrected chi connectivity index (χ1v) is 6.56. The van der Waals surface area contributed by atoms with Gasteiger partial charge in [-0.25, -0.2) is 4.79 Å². The van der Waals surface area contributed by atoms with E-state index in [4.69, 9.17) is 4.74 Å². The van der Waals surface area contributed by atoms with E-state index in [2.05, 4.69) is 0 Å². The number of benzene rings is 1. The van der Waals surface area contributed by atoms with Crippen molar-refractivity contribution in [2.45, 2.75) is 6.04 Å². The third-order valence-electron chi connectivity index (χ3n) is 2.71. The molecule has 1 aliphatic rings. The van der Waals surface area contributed by atoms with Crippen LogP contribution in [-0.2, 0) is 9.59 Å². The first-order chi connectivity index (χ1) is 8.65. The van der Waals surface area contributed by atoms with Crippen LogP contribution in [0.1, 0.15) is 0 Å². The smallest absolute Gasteiger partial charge is 0.327 e. The van der Waals surface area contributed by atoms with Crippen LogP contribution in [0.15, 0.2) is 24.3 Å². The van der Waals surface area contributed by atoms with Crippen LogP contribution in [-0.4, -0.2) is 41.6 Å². The van der Waals surface area contributed by atoms with Crippen molar-refractivity contribution in [3.63, 3.8) is 0 Å². The van der Waals surface area contributed by atoms with Crippen LogP contribution >= 0.6 is 11.8 Å². The molecule has 6 heteroatoms. The van der Waals surface area contributed by atoms with E-state index >= 15 is 0 Å². The minimum absolute atomic E-state index is 0.205. The number of hydrogen-bond donors (Lipinski definition) is 1. The number of methoxy groups -OCH3 is 1. The van der Waals surface area contributed by atoms with Gasteiger partial charge in [-0.05, 0) is 12.1 Å². The Hall–Kier alpha value is -1.69. The fraction of sp³-hybridized carbons (Fsp3) is 0.333. The normalized spacial score (nSPS) is 19.7. The van der Waals surface area contributed by atoms with Crippen LogP contribution in [0.25, 0.3) is 0 Å². The summed E-state index contributed by atoms with van der Waals surface area (Å²) in [5.74, 6) is -0.0189. The van der Waals surface area contributed by atoms with Gasteiger partial charge >= 0.3 is 5.97 Å². The van der Waals surface area contributed by atoms with Crippen molar-refractivity contribution >= 4 is 29.3 Å². The SMILES string of the molecule is COc1ccccc1N1C(=O)CSCC1C(=O)O. The predicted octanol–water partition coefficient (Wildman–Crippen LogP) is 1.23. The minimum atomic E-state index is -0.999. The number of thioether (sulfide) groups is 1. The monoisotopic (exact) mass is 267 g/mol. The van der Waals surface area contributed by atoms with E-state index < -0.39 is 12.0 Å². The molecule has 0 radical (unpaired) electrons. The highest BCUT2D eigenvalue weighted by Gasteiger charge is 2.35. The molecule has 1 amide bonds. The molecule has 1 atom stereocenters. The zero-order valence-corrected chi connectivity index (χ0v) is 10.6. The van der Waals surface area contributed by atoms with Gasteiger partial charge in [-0.15, -0.1) is 11.8 Å². The third kappa shape index (κ3) is 2.28. The summed E-state index contributed by atoms with van der Waals surface area (Å²) in [4.78, 5) is 24.5. The molecule has 0 aromatic heterocycles. The molecule has 1 saturated heterocycles. The maximum absolute atomic E-state index is 12.0. The van der Waals surface area contributed by atoms with Gasteiger partial charge in [-0.2, -0.15) is 0 Å². The molecule has 5 nitrogen and oxygen atoms in total. The van der Waals surface area contributed by atoms with E-state index in [0.717, 1.165) is 0 Å². The average molecular weight is 267 g/mol. The van der Waals surface area contributed by atoms with Crippen molar-refractivity contribution in [2.75, 3.05) is 23.5 Å². The lowest BCUT2D eigenvalue weighted by Crippen LogP contribution is -2.51. The molecule has 1 aliphatic heterocycles. The molecule has 1 N–H and O–H groups in total. The molecule has 0 spiro atoms. The molecule has 1 unspecified atom stereocenters. The zero-order chi connectivity index (χ0) is 13.1. The second kappa shape index (κ2) is 5.30. The first kappa shape index (κ1) is 12.8. The van der Waals surface area contributed by atoms with Gasteiger partial charge in [-0.1, -0.05) is 12.1 Å². The first-order valence-electron chi connectivity index (χ1n) is 5.40. The Kier molecular flexibility index (Phi) is 3.76. The summed E-state index contributed by atoms with van der Waals surface area (Å²) in [6, 6.07) is 6.10. The van der Waals surface area contributed by atoms with Crippen molar-refractivity contribution in [2.24, 2.45) is 0 Å². The fourth-order valence-electron chi connectivity index (χ4n) is 1.89. The molecule has 18 heavy (non-hydrogen) atoms. The van der Waals surface area contributed by atoms with Gasteiger partial charge in [-0.3, -0.25) is 9.69 Å². The lowest BCUT2D eigenvalue weighted by atomic mass is 10.2. The van der Waals surface area contributed by atoms with Crippen LogP contribution < -0.4 is 9.64 Å². The number of amides is 1. The average Bonchev–Trinajstić information content (AvgIpc) is 2.38. The number of nitrogens with zero attached hydrogens (tertiary/aromatic N) is 1. The highest BCUT2D eigenvalue weighted by atomic mass is 32.2. The molecule has 1 fully saturated rings. The van der Waals surface area contributed by atoms with Gasteiger partial charge < -0.3 is 9.84 Å². The Morgan fingerprint density at radius 3 is 2.89 bits per heavy atom. The van der Waals surface area contributed by atoms with Crippen LogP contribution in [0.2, 0.25) is 0 Å². The summed E-state index contributed by atoms with van der Waals surface area (Å²) in [5, 5.41) is 9.20. The second-order valence-electron chi connectivity index (χ2n) is 3.80. The molecule has 0 saturated carbocycles. The van der Waals surface area contributed by atoms with Crippen LogP contribution in [0.5, 0.6) is 5.75 Å². The molecular formula is C12H13NO4S. The maximum Gasteiger partial charge on any atom is 0.327 e. The number of carbonyl (C=O) groups is 2. The Morgan fingerprint density at radius 2 is 2.22 bits per heavy atom. The molecule has 0 bridgehead atoms. The molecule has 1 aromatic rings. The molecule has 1 heterocycles. The van der Waals surface area contributed by atoms with Gasteiger partial charge in [0.15, 0.2) is 0 Å². The Labute approximate surface area is 109 Å². The molecule has 1 aromatic carbocycles. The van der Waals surface area contributed by atoms with Gasteiger partial charge in [0.1, 0.15) is 11.8 Å². The zero-order valence-electron chi connectivity index (χ0n) is 9.83. The lowest BCUT2D eigenvalue weighted by Gasteiger charge is -2.33. The highest BCUT2D eigenvalue weighted by Crippen LogP contribution is 2.32. The number of carbonyl (C=O) groups excluding carboxylic acids is 1.